The van der Waals surface area contributed by atoms with Crippen LogP contribution < -0.4 is 20.1 Å². The van der Waals surface area contributed by atoms with Crippen LogP contribution in [0.4, 0.5) is 4.79 Å². The molecule has 1 aromatic heterocycles. The number of benzene rings is 1. The normalized spacial score (nSPS) is 23.9. The van der Waals surface area contributed by atoms with Gasteiger partial charge in [0.1, 0.15) is 35.1 Å². The number of carboxylic acids is 1. The van der Waals surface area contributed by atoms with Crippen molar-refractivity contribution in [2.45, 2.75) is 97.1 Å². The first-order valence-corrected chi connectivity index (χ1v) is 14.8. The van der Waals surface area contributed by atoms with E-state index in [0.717, 1.165) is 5.39 Å². The Morgan fingerprint density at radius 1 is 1.16 bits per heavy atom. The zero-order valence-electron chi connectivity index (χ0n) is 26.6. The number of aliphatic carboxylic acids is 1. The molecule has 4 rings (SSSR count). The molecule has 2 aliphatic rings. The quantitative estimate of drug-likeness (QED) is 0.381. The SMILES string of the molecule is CC[C@@H]1C[C@]1(NC(=O)[C@@H]1C[C@@H](Oc2nncc3cc(OC)ccc23)CN1C(=O)[C@@H](NC(=O)OC(C)(C)C)C(C)(C)C)C(=O)O. The first-order chi connectivity index (χ1) is 20.5. The van der Waals surface area contributed by atoms with Crippen LogP contribution in [0.25, 0.3) is 10.8 Å². The molecule has 44 heavy (non-hydrogen) atoms. The predicted octanol–water partition coefficient (Wildman–Crippen LogP) is 3.30. The Morgan fingerprint density at radius 3 is 2.43 bits per heavy atom. The lowest BCUT2D eigenvalue weighted by molar-refractivity contribution is -0.146. The third kappa shape index (κ3) is 6.97. The summed E-state index contributed by atoms with van der Waals surface area (Å²) in [7, 11) is 1.56. The molecule has 1 saturated carbocycles. The number of carboxylic acid groups (broad SMARTS) is 1. The van der Waals surface area contributed by atoms with Crippen LogP contribution in [0.3, 0.4) is 0 Å². The molecule has 3 amide bonds. The molecule has 13 nitrogen and oxygen atoms in total. The predicted molar refractivity (Wildman–Crippen MR) is 160 cm³/mol. The van der Waals surface area contributed by atoms with Crippen molar-refractivity contribution < 1.29 is 38.5 Å². The average molecular weight is 614 g/mol. The summed E-state index contributed by atoms with van der Waals surface area (Å²) in [6.07, 6.45) is 1.09. The first kappa shape index (κ1) is 32.7. The van der Waals surface area contributed by atoms with E-state index < -0.39 is 58.6 Å². The van der Waals surface area contributed by atoms with Crippen molar-refractivity contribution in [2.75, 3.05) is 13.7 Å². The van der Waals surface area contributed by atoms with E-state index in [1.165, 1.54) is 4.90 Å². The van der Waals surface area contributed by atoms with Crippen LogP contribution in [-0.4, -0.2) is 87.1 Å². The second kappa shape index (κ2) is 12.1. The molecule has 1 aliphatic heterocycles. The number of alkyl carbamates (subject to hydrolysis) is 1. The number of aromatic nitrogens is 2. The number of methoxy groups -OCH3 is 1. The van der Waals surface area contributed by atoms with Crippen molar-refractivity contribution in [1.82, 2.24) is 25.7 Å². The van der Waals surface area contributed by atoms with Crippen molar-refractivity contribution in [3.8, 4) is 11.6 Å². The number of amides is 3. The highest BCUT2D eigenvalue weighted by Crippen LogP contribution is 2.46. The molecule has 240 valence electrons. The molecular weight excluding hydrogens is 570 g/mol. The molecule has 0 radical (unpaired) electrons. The number of ether oxygens (including phenoxy) is 3. The smallest absolute Gasteiger partial charge is 0.408 e. The van der Waals surface area contributed by atoms with Gasteiger partial charge in [0, 0.05) is 17.2 Å². The largest absolute Gasteiger partial charge is 0.497 e. The summed E-state index contributed by atoms with van der Waals surface area (Å²) in [5, 5.41) is 24.9. The number of hydrogen-bond donors (Lipinski definition) is 3. The standard InChI is InChI=1S/C31H43N5O8/c1-9-18-14-31(18,27(39)40)34-24(37)22-13-20(43-25-21-11-10-19(42-8)12-17(21)15-32-35-25)16-36(22)26(38)23(29(2,3)4)33-28(41)44-30(5,6)7/h10-12,15,18,20,22-23H,9,13-14,16H2,1-8H3,(H,33,41)(H,34,37)(H,39,40)/t18-,20-,22+,23-,31-/m1/s1. The molecule has 1 saturated heterocycles. The maximum atomic E-state index is 14.2. The Kier molecular flexibility index (Phi) is 8.99. The highest BCUT2D eigenvalue weighted by atomic mass is 16.6. The van der Waals surface area contributed by atoms with Crippen molar-refractivity contribution in [1.29, 1.82) is 0 Å². The molecule has 5 atom stereocenters. The van der Waals surface area contributed by atoms with Crippen molar-refractivity contribution in [3.05, 3.63) is 24.4 Å². The second-order valence-corrected chi connectivity index (χ2v) is 13.6. The second-order valence-electron chi connectivity index (χ2n) is 13.6. The lowest BCUT2D eigenvalue weighted by atomic mass is 9.85. The van der Waals surface area contributed by atoms with E-state index in [9.17, 15) is 24.3 Å². The van der Waals surface area contributed by atoms with Gasteiger partial charge in [-0.2, -0.15) is 5.10 Å². The first-order valence-electron chi connectivity index (χ1n) is 14.8. The molecular formula is C31H43N5O8. The van der Waals surface area contributed by atoms with E-state index in [-0.39, 0.29) is 24.8 Å². The molecule has 1 aromatic carbocycles. The number of rotatable bonds is 9. The topological polar surface area (TPSA) is 169 Å². The molecule has 0 bridgehead atoms. The molecule has 0 unspecified atom stereocenters. The Hall–Kier alpha value is -4.16. The van der Waals surface area contributed by atoms with E-state index in [2.05, 4.69) is 20.8 Å². The van der Waals surface area contributed by atoms with E-state index >= 15 is 0 Å². The van der Waals surface area contributed by atoms with E-state index in [4.69, 9.17) is 14.2 Å². The van der Waals surface area contributed by atoms with E-state index in [1.54, 1.807) is 73.0 Å². The van der Waals surface area contributed by atoms with Crippen LogP contribution >= 0.6 is 0 Å². The molecule has 3 N–H and O–H groups in total. The van der Waals surface area contributed by atoms with Gasteiger partial charge < -0.3 is 34.9 Å². The van der Waals surface area contributed by atoms with Gasteiger partial charge in [0.15, 0.2) is 0 Å². The minimum Gasteiger partial charge on any atom is -0.497 e. The minimum absolute atomic E-state index is 0.00893. The number of hydrogen-bond acceptors (Lipinski definition) is 9. The van der Waals surface area contributed by atoms with Gasteiger partial charge >= 0.3 is 12.1 Å². The molecule has 13 heteroatoms. The highest BCUT2D eigenvalue weighted by molar-refractivity contribution is 5.96. The third-order valence-corrected chi connectivity index (χ3v) is 8.06. The van der Waals surface area contributed by atoms with Gasteiger partial charge in [0.2, 0.25) is 17.7 Å². The van der Waals surface area contributed by atoms with Crippen LogP contribution in [0.1, 0.15) is 67.7 Å². The Balaban J connectivity index is 1.64. The van der Waals surface area contributed by atoms with Crippen LogP contribution in [-0.2, 0) is 19.1 Å². The molecule has 2 heterocycles. The van der Waals surface area contributed by atoms with Gasteiger partial charge in [-0.1, -0.05) is 34.1 Å². The van der Waals surface area contributed by atoms with Gasteiger partial charge in [0.05, 0.1) is 19.9 Å². The summed E-state index contributed by atoms with van der Waals surface area (Å²) in [6, 6.07) is 3.22. The van der Waals surface area contributed by atoms with Crippen molar-refractivity contribution in [2.24, 2.45) is 11.3 Å². The van der Waals surface area contributed by atoms with E-state index in [0.29, 0.717) is 24.0 Å². The number of carbonyl (C=O) groups excluding carboxylic acids is 3. The highest BCUT2D eigenvalue weighted by Gasteiger charge is 2.61. The zero-order chi connectivity index (χ0) is 32.6. The lowest BCUT2D eigenvalue weighted by Crippen LogP contribution is -2.59. The maximum absolute atomic E-state index is 14.2. The fourth-order valence-electron chi connectivity index (χ4n) is 5.62. The van der Waals surface area contributed by atoms with E-state index in [1.807, 2.05) is 6.92 Å². The minimum atomic E-state index is -1.38. The van der Waals surface area contributed by atoms with Crippen molar-refractivity contribution in [3.63, 3.8) is 0 Å². The fourth-order valence-corrected chi connectivity index (χ4v) is 5.62. The van der Waals surface area contributed by atoms with Crippen LogP contribution in [0.5, 0.6) is 11.6 Å². The van der Waals surface area contributed by atoms with Crippen LogP contribution in [0.15, 0.2) is 24.4 Å². The average Bonchev–Trinajstić information content (AvgIpc) is 3.49. The number of nitrogens with one attached hydrogen (secondary N) is 2. The van der Waals surface area contributed by atoms with Gasteiger partial charge in [-0.3, -0.25) is 9.59 Å². The molecule has 0 spiro atoms. The Bertz CT molecular complexity index is 1430. The van der Waals surface area contributed by atoms with Gasteiger partial charge in [-0.05, 0) is 56.7 Å². The molecule has 2 aromatic rings. The summed E-state index contributed by atoms with van der Waals surface area (Å²) in [4.78, 5) is 54.2. The Morgan fingerprint density at radius 2 is 1.86 bits per heavy atom. The van der Waals surface area contributed by atoms with Gasteiger partial charge in [-0.25, -0.2) is 9.59 Å². The summed E-state index contributed by atoms with van der Waals surface area (Å²) in [5.74, 6) is -1.58. The van der Waals surface area contributed by atoms with Crippen LogP contribution in [0.2, 0.25) is 0 Å². The maximum Gasteiger partial charge on any atom is 0.408 e. The summed E-state index contributed by atoms with van der Waals surface area (Å²) in [6.45, 7) is 12.4. The summed E-state index contributed by atoms with van der Waals surface area (Å²) < 4.78 is 17.0. The van der Waals surface area contributed by atoms with Crippen LogP contribution in [0, 0.1) is 11.3 Å². The molecule has 1 aliphatic carbocycles. The lowest BCUT2D eigenvalue weighted by Gasteiger charge is -2.35. The summed E-state index contributed by atoms with van der Waals surface area (Å²) >= 11 is 0. The van der Waals surface area contributed by atoms with Crippen molar-refractivity contribution >= 4 is 34.6 Å². The molecule has 2 fully saturated rings. The number of fused-ring (bicyclic) bond motifs is 1. The van der Waals surface area contributed by atoms with Gasteiger partial charge in [0.25, 0.3) is 0 Å². The number of carbonyl (C=O) groups is 4. The van der Waals surface area contributed by atoms with Gasteiger partial charge in [-0.15, -0.1) is 5.10 Å². The summed E-state index contributed by atoms with van der Waals surface area (Å²) in [5.41, 5.74) is -2.93. The fraction of sp³-hybridized carbons (Fsp3) is 0.613. The number of nitrogens with zero attached hydrogens (tertiary/aromatic N) is 3. The Labute approximate surface area is 257 Å². The zero-order valence-corrected chi connectivity index (χ0v) is 26.6. The monoisotopic (exact) mass is 613 g/mol. The third-order valence-electron chi connectivity index (χ3n) is 8.06. The number of likely N-dealkylation sites (tertiary alicyclic amines) is 1.